The van der Waals surface area contributed by atoms with Crippen LogP contribution in [-0.2, 0) is 16.0 Å². The molecule has 0 saturated heterocycles. The number of aromatic nitrogens is 3. The average molecular weight is 543 g/mol. The number of benzene rings is 2. The van der Waals surface area contributed by atoms with Crippen LogP contribution in [0.3, 0.4) is 0 Å². The zero-order chi connectivity index (χ0) is 27.7. The number of aliphatic hydroxyl groups excluding tert-OH is 1. The van der Waals surface area contributed by atoms with Crippen molar-refractivity contribution in [1.82, 2.24) is 20.3 Å². The van der Waals surface area contributed by atoms with E-state index in [0.717, 1.165) is 5.56 Å². The molecule has 3 rings (SSSR count). The standard InChI is InChI=1S/C26H35FN8O4/c27-21-6-1-4-19(16-21)18-31-25-33-24(30-9-3-11-36)34-26(35-25)32-22-7-2-5-20(17-22)23(37)29-10-13-39-15-14-38-12-8-28/h1-2,4-7,16-17,36H,3,8-15,18,28H2,(H,29,37)(H3,30,31,32,33,34,35). The van der Waals surface area contributed by atoms with E-state index in [4.69, 9.17) is 20.3 Å². The van der Waals surface area contributed by atoms with E-state index in [1.165, 1.54) is 12.1 Å². The summed E-state index contributed by atoms with van der Waals surface area (Å²) in [4.78, 5) is 25.7. The SMILES string of the molecule is NCCOCCOCCNC(=O)c1cccc(Nc2nc(NCCCO)nc(NCc3cccc(F)c3)n2)c1. The summed E-state index contributed by atoms with van der Waals surface area (Å²) < 4.78 is 24.2. The van der Waals surface area contributed by atoms with Gasteiger partial charge in [0.15, 0.2) is 0 Å². The molecule has 0 bridgehead atoms. The van der Waals surface area contributed by atoms with Gasteiger partial charge in [0.25, 0.3) is 5.91 Å². The molecule has 3 aromatic rings. The molecule has 0 fully saturated rings. The fourth-order valence-corrected chi connectivity index (χ4v) is 3.31. The lowest BCUT2D eigenvalue weighted by Gasteiger charge is -2.12. The van der Waals surface area contributed by atoms with Gasteiger partial charge in [-0.1, -0.05) is 18.2 Å². The molecule has 0 aliphatic rings. The number of anilines is 4. The van der Waals surface area contributed by atoms with Gasteiger partial charge >= 0.3 is 0 Å². The van der Waals surface area contributed by atoms with E-state index in [9.17, 15) is 9.18 Å². The fourth-order valence-electron chi connectivity index (χ4n) is 3.31. The van der Waals surface area contributed by atoms with Crippen LogP contribution in [-0.4, -0.2) is 78.6 Å². The molecule has 0 unspecified atom stereocenters. The zero-order valence-electron chi connectivity index (χ0n) is 21.7. The number of carbonyl (C=O) groups excluding carboxylic acids is 1. The van der Waals surface area contributed by atoms with E-state index in [1.54, 1.807) is 36.4 Å². The molecule has 1 aromatic heterocycles. The quantitative estimate of drug-likeness (QED) is 0.130. The largest absolute Gasteiger partial charge is 0.396 e. The third-order valence-corrected chi connectivity index (χ3v) is 5.14. The van der Waals surface area contributed by atoms with Crippen molar-refractivity contribution in [1.29, 1.82) is 0 Å². The van der Waals surface area contributed by atoms with Crippen LogP contribution in [0.5, 0.6) is 0 Å². The van der Waals surface area contributed by atoms with Crippen molar-refractivity contribution >= 4 is 29.4 Å². The number of hydrogen-bond acceptors (Lipinski definition) is 11. The van der Waals surface area contributed by atoms with Gasteiger partial charge < -0.3 is 41.6 Å². The van der Waals surface area contributed by atoms with E-state index >= 15 is 0 Å². The van der Waals surface area contributed by atoms with Crippen LogP contribution in [0, 0.1) is 5.82 Å². The van der Waals surface area contributed by atoms with Crippen LogP contribution in [0.4, 0.5) is 27.9 Å². The van der Waals surface area contributed by atoms with E-state index in [1.807, 2.05) is 0 Å². The summed E-state index contributed by atoms with van der Waals surface area (Å²) in [5.41, 5.74) is 7.13. The number of nitrogens with two attached hydrogens (primary N) is 1. The number of amides is 1. The molecule has 39 heavy (non-hydrogen) atoms. The second kappa shape index (κ2) is 16.8. The van der Waals surface area contributed by atoms with Crippen LogP contribution in [0.2, 0.25) is 0 Å². The highest BCUT2D eigenvalue weighted by atomic mass is 19.1. The fraction of sp³-hybridized carbons (Fsp3) is 0.385. The van der Waals surface area contributed by atoms with Crippen LogP contribution in [0.15, 0.2) is 48.5 Å². The van der Waals surface area contributed by atoms with Crippen molar-refractivity contribution in [3.8, 4) is 0 Å². The lowest BCUT2D eigenvalue weighted by atomic mass is 10.2. The summed E-state index contributed by atoms with van der Waals surface area (Å²) in [6.45, 7) is 3.34. The maximum absolute atomic E-state index is 13.5. The minimum Gasteiger partial charge on any atom is -0.396 e. The van der Waals surface area contributed by atoms with Crippen molar-refractivity contribution in [3.05, 3.63) is 65.5 Å². The van der Waals surface area contributed by atoms with Crippen molar-refractivity contribution in [3.63, 3.8) is 0 Å². The molecule has 7 N–H and O–H groups in total. The maximum Gasteiger partial charge on any atom is 0.251 e. The van der Waals surface area contributed by atoms with Crippen LogP contribution >= 0.6 is 0 Å². The van der Waals surface area contributed by atoms with Crippen LogP contribution in [0.1, 0.15) is 22.3 Å². The molecule has 0 saturated carbocycles. The Balaban J connectivity index is 1.60. The molecule has 0 aliphatic heterocycles. The first kappa shape index (κ1) is 29.6. The van der Waals surface area contributed by atoms with E-state index in [-0.39, 0.29) is 30.2 Å². The molecule has 1 amide bonds. The van der Waals surface area contributed by atoms with E-state index < -0.39 is 0 Å². The van der Waals surface area contributed by atoms with Crippen LogP contribution in [0.25, 0.3) is 0 Å². The topological polar surface area (TPSA) is 169 Å². The van der Waals surface area contributed by atoms with E-state index in [2.05, 4.69) is 36.2 Å². The third kappa shape index (κ3) is 11.2. The third-order valence-electron chi connectivity index (χ3n) is 5.14. The molecule has 0 spiro atoms. The molecule has 1 heterocycles. The summed E-state index contributed by atoms with van der Waals surface area (Å²) in [7, 11) is 0. The lowest BCUT2D eigenvalue weighted by Crippen LogP contribution is -2.27. The number of ether oxygens (including phenoxy) is 2. The Morgan fingerprint density at radius 1 is 0.897 bits per heavy atom. The second-order valence-electron chi connectivity index (χ2n) is 8.27. The Hall–Kier alpha value is -3.91. The zero-order valence-corrected chi connectivity index (χ0v) is 21.7. The first-order valence-corrected chi connectivity index (χ1v) is 12.7. The van der Waals surface area contributed by atoms with Gasteiger partial charge in [0, 0.05) is 44.0 Å². The van der Waals surface area contributed by atoms with Gasteiger partial charge in [-0.05, 0) is 42.3 Å². The van der Waals surface area contributed by atoms with Gasteiger partial charge in [0.2, 0.25) is 17.8 Å². The average Bonchev–Trinajstić information content (AvgIpc) is 2.93. The van der Waals surface area contributed by atoms with Gasteiger partial charge in [-0.15, -0.1) is 0 Å². The number of nitrogens with one attached hydrogen (secondary N) is 4. The Morgan fingerprint density at radius 2 is 1.64 bits per heavy atom. The first-order valence-electron chi connectivity index (χ1n) is 12.7. The molecule has 12 nitrogen and oxygen atoms in total. The molecule has 2 aromatic carbocycles. The highest BCUT2D eigenvalue weighted by molar-refractivity contribution is 5.95. The Kier molecular flexibility index (Phi) is 12.8. The highest BCUT2D eigenvalue weighted by Gasteiger charge is 2.10. The summed E-state index contributed by atoms with van der Waals surface area (Å²) in [6.07, 6.45) is 0.519. The molecule has 210 valence electrons. The van der Waals surface area contributed by atoms with Gasteiger partial charge in [-0.3, -0.25) is 4.79 Å². The molecular formula is C26H35FN8O4. The van der Waals surface area contributed by atoms with Gasteiger partial charge in [-0.25, -0.2) is 4.39 Å². The Morgan fingerprint density at radius 3 is 2.41 bits per heavy atom. The van der Waals surface area contributed by atoms with Crippen LogP contribution < -0.4 is 27.0 Å². The number of hydrogen-bond donors (Lipinski definition) is 6. The minimum absolute atomic E-state index is 0.0259. The van der Waals surface area contributed by atoms with Gasteiger partial charge in [0.1, 0.15) is 5.82 Å². The Labute approximate surface area is 226 Å². The number of rotatable bonds is 18. The molecule has 0 atom stereocenters. The normalized spacial score (nSPS) is 10.7. The summed E-state index contributed by atoms with van der Waals surface area (Å²) >= 11 is 0. The van der Waals surface area contributed by atoms with Gasteiger partial charge in [0.05, 0.1) is 26.4 Å². The van der Waals surface area contributed by atoms with Crippen molar-refractivity contribution in [2.24, 2.45) is 5.73 Å². The smallest absolute Gasteiger partial charge is 0.251 e. The van der Waals surface area contributed by atoms with Crippen molar-refractivity contribution < 1.29 is 23.8 Å². The Bertz CT molecular complexity index is 1170. The minimum atomic E-state index is -0.331. The van der Waals surface area contributed by atoms with Gasteiger partial charge in [-0.2, -0.15) is 15.0 Å². The predicted molar refractivity (Wildman–Crippen MR) is 146 cm³/mol. The number of halogens is 1. The first-order chi connectivity index (χ1) is 19.1. The van der Waals surface area contributed by atoms with Crippen molar-refractivity contribution in [2.45, 2.75) is 13.0 Å². The maximum atomic E-state index is 13.5. The second-order valence-corrected chi connectivity index (χ2v) is 8.27. The predicted octanol–water partition coefficient (Wildman–Crippen LogP) is 1.88. The number of nitrogens with zero attached hydrogens (tertiary/aromatic N) is 3. The van der Waals surface area contributed by atoms with E-state index in [0.29, 0.717) is 76.2 Å². The lowest BCUT2D eigenvalue weighted by molar-refractivity contribution is 0.0511. The molecular weight excluding hydrogens is 507 g/mol. The molecule has 0 aliphatic carbocycles. The number of carbonyl (C=O) groups is 1. The summed E-state index contributed by atoms with van der Waals surface area (Å²) in [5, 5.41) is 21.1. The van der Waals surface area contributed by atoms with Crippen molar-refractivity contribution in [2.75, 3.05) is 68.6 Å². The summed E-state index contributed by atoms with van der Waals surface area (Å²) in [5.74, 6) is 0.223. The number of aliphatic hydroxyl groups is 1. The summed E-state index contributed by atoms with van der Waals surface area (Å²) in [6, 6.07) is 13.1. The molecule has 13 heteroatoms. The monoisotopic (exact) mass is 542 g/mol. The highest BCUT2D eigenvalue weighted by Crippen LogP contribution is 2.18. The molecule has 0 radical (unpaired) electrons.